The fourth-order valence-corrected chi connectivity index (χ4v) is 7.36. The van der Waals surface area contributed by atoms with Gasteiger partial charge in [-0.25, -0.2) is 4.98 Å². The van der Waals surface area contributed by atoms with E-state index in [1.807, 2.05) is 24.3 Å². The van der Waals surface area contributed by atoms with Gasteiger partial charge in [-0.15, -0.1) is 22.7 Å². The van der Waals surface area contributed by atoms with E-state index in [-0.39, 0.29) is 11.6 Å². The van der Waals surface area contributed by atoms with Crippen LogP contribution in [0.4, 0.5) is 10.7 Å². The molecule has 1 aliphatic heterocycles. The number of amides is 1. The lowest BCUT2D eigenvalue weighted by molar-refractivity contribution is -0.385. The van der Waals surface area contributed by atoms with E-state index in [1.165, 1.54) is 22.1 Å². The standard InChI is InChI=1S/C29H24N4O3S2/c1-18-20(10-7-12-23(18)33(35)36)27(34)31-29-26(28-30-22-11-5-6-13-24(22)37-28)21-14-15-32(17-25(21)38-29)16-19-8-3-2-4-9-19/h2-13H,14-17H2,1H3,(H,31,34). The Morgan fingerprint density at radius 2 is 1.84 bits per heavy atom. The number of thiophene rings is 1. The Morgan fingerprint density at radius 1 is 1.05 bits per heavy atom. The molecule has 7 nitrogen and oxygen atoms in total. The summed E-state index contributed by atoms with van der Waals surface area (Å²) in [5.74, 6) is -0.353. The molecule has 9 heteroatoms. The fourth-order valence-electron chi connectivity index (χ4n) is 4.96. The topological polar surface area (TPSA) is 88.4 Å². The first-order chi connectivity index (χ1) is 18.5. The van der Waals surface area contributed by atoms with Crippen LogP contribution in [0, 0.1) is 17.0 Å². The first kappa shape index (κ1) is 24.4. The van der Waals surface area contributed by atoms with E-state index in [9.17, 15) is 14.9 Å². The minimum absolute atomic E-state index is 0.0638. The number of hydrogen-bond acceptors (Lipinski definition) is 7. The van der Waals surface area contributed by atoms with E-state index in [0.29, 0.717) is 11.1 Å². The highest BCUT2D eigenvalue weighted by molar-refractivity contribution is 7.23. The van der Waals surface area contributed by atoms with Crippen molar-refractivity contribution in [3.63, 3.8) is 0 Å². The molecule has 0 saturated carbocycles. The number of carbonyl (C=O) groups excluding carboxylic acids is 1. The van der Waals surface area contributed by atoms with E-state index in [0.717, 1.165) is 51.8 Å². The maximum atomic E-state index is 13.4. The van der Waals surface area contributed by atoms with Crippen molar-refractivity contribution in [3.8, 4) is 10.6 Å². The summed E-state index contributed by atoms with van der Waals surface area (Å²) in [5, 5.41) is 16.2. The number of aromatic nitrogens is 1. The third-order valence-corrected chi connectivity index (χ3v) is 9.05. The largest absolute Gasteiger partial charge is 0.313 e. The molecule has 0 radical (unpaired) electrons. The lowest BCUT2D eigenvalue weighted by Gasteiger charge is -2.27. The Balaban J connectivity index is 1.38. The van der Waals surface area contributed by atoms with Crippen LogP contribution < -0.4 is 5.32 Å². The predicted octanol–water partition coefficient (Wildman–Crippen LogP) is 7.05. The number of nitrogens with one attached hydrogen (secondary N) is 1. The second-order valence-corrected chi connectivity index (χ2v) is 11.4. The molecule has 2 aromatic heterocycles. The molecule has 1 N–H and O–H groups in total. The van der Waals surface area contributed by atoms with Gasteiger partial charge >= 0.3 is 0 Å². The summed E-state index contributed by atoms with van der Waals surface area (Å²) in [6.45, 7) is 4.18. The summed E-state index contributed by atoms with van der Waals surface area (Å²) in [6.07, 6.45) is 0.857. The smallest absolute Gasteiger partial charge is 0.273 e. The van der Waals surface area contributed by atoms with Crippen molar-refractivity contribution in [3.05, 3.63) is 110 Å². The molecule has 5 aromatic rings. The van der Waals surface area contributed by atoms with Crippen molar-refractivity contribution in [2.75, 3.05) is 11.9 Å². The molecule has 0 unspecified atom stereocenters. The van der Waals surface area contributed by atoms with Gasteiger partial charge in [-0.2, -0.15) is 0 Å². The zero-order valence-corrected chi connectivity index (χ0v) is 22.3. The third kappa shape index (κ3) is 4.60. The van der Waals surface area contributed by atoms with Crippen LogP contribution in [0.25, 0.3) is 20.8 Å². The fraction of sp³-hybridized carbons (Fsp3) is 0.172. The number of carbonyl (C=O) groups is 1. The highest BCUT2D eigenvalue weighted by atomic mass is 32.1. The molecule has 3 aromatic carbocycles. The average Bonchev–Trinajstić information content (AvgIpc) is 3.49. The molecule has 0 spiro atoms. The van der Waals surface area contributed by atoms with E-state index in [1.54, 1.807) is 41.7 Å². The van der Waals surface area contributed by atoms with Gasteiger partial charge in [0.25, 0.3) is 11.6 Å². The normalized spacial score (nSPS) is 13.4. The van der Waals surface area contributed by atoms with Gasteiger partial charge in [-0.1, -0.05) is 48.5 Å². The number of hydrogen-bond donors (Lipinski definition) is 1. The zero-order chi connectivity index (χ0) is 26.2. The Hall–Kier alpha value is -3.92. The molecule has 0 saturated heterocycles. The number of nitro groups is 1. The molecule has 0 atom stereocenters. The molecule has 0 bridgehead atoms. The summed E-state index contributed by atoms with van der Waals surface area (Å²) in [7, 11) is 0. The molecule has 38 heavy (non-hydrogen) atoms. The molecule has 6 rings (SSSR count). The van der Waals surface area contributed by atoms with Crippen LogP contribution in [0.2, 0.25) is 0 Å². The number of anilines is 1. The highest BCUT2D eigenvalue weighted by Crippen LogP contribution is 2.46. The van der Waals surface area contributed by atoms with Gasteiger partial charge in [-0.05, 0) is 42.7 Å². The molecular formula is C29H24N4O3S2. The van der Waals surface area contributed by atoms with Crippen molar-refractivity contribution in [2.24, 2.45) is 0 Å². The number of rotatable bonds is 6. The Kier molecular flexibility index (Phi) is 6.49. The van der Waals surface area contributed by atoms with E-state index < -0.39 is 4.92 Å². The number of thiazole rings is 1. The van der Waals surface area contributed by atoms with Crippen LogP contribution in [0.1, 0.15) is 31.9 Å². The van der Waals surface area contributed by atoms with Crippen LogP contribution in [-0.2, 0) is 19.5 Å². The lowest BCUT2D eigenvalue weighted by atomic mass is 10.0. The lowest BCUT2D eigenvalue weighted by Crippen LogP contribution is -2.29. The number of fused-ring (bicyclic) bond motifs is 2. The van der Waals surface area contributed by atoms with Crippen molar-refractivity contribution >= 4 is 49.5 Å². The van der Waals surface area contributed by atoms with Crippen LogP contribution in [0.15, 0.2) is 72.8 Å². The Labute approximate surface area is 227 Å². The third-order valence-electron chi connectivity index (χ3n) is 6.87. The van der Waals surface area contributed by atoms with Gasteiger partial charge in [0.15, 0.2) is 0 Å². The molecular weight excluding hydrogens is 516 g/mol. The van der Waals surface area contributed by atoms with Crippen molar-refractivity contribution < 1.29 is 9.72 Å². The maximum absolute atomic E-state index is 13.4. The van der Waals surface area contributed by atoms with Gasteiger partial charge in [0.05, 0.1) is 15.1 Å². The second-order valence-electron chi connectivity index (χ2n) is 9.30. The monoisotopic (exact) mass is 540 g/mol. The van der Waals surface area contributed by atoms with Crippen molar-refractivity contribution in [1.82, 2.24) is 9.88 Å². The molecule has 3 heterocycles. The van der Waals surface area contributed by atoms with E-state index in [2.05, 4.69) is 40.5 Å². The minimum Gasteiger partial charge on any atom is -0.313 e. The maximum Gasteiger partial charge on any atom is 0.273 e. The van der Waals surface area contributed by atoms with Crippen LogP contribution >= 0.6 is 22.7 Å². The van der Waals surface area contributed by atoms with E-state index in [4.69, 9.17) is 4.98 Å². The molecule has 0 aliphatic carbocycles. The number of nitrogens with zero attached hydrogens (tertiary/aromatic N) is 3. The summed E-state index contributed by atoms with van der Waals surface area (Å²) < 4.78 is 1.09. The second kappa shape index (κ2) is 10.1. The molecule has 0 fully saturated rings. The number of benzene rings is 3. The van der Waals surface area contributed by atoms with Gasteiger partial charge in [-0.3, -0.25) is 19.8 Å². The van der Waals surface area contributed by atoms with Gasteiger partial charge < -0.3 is 5.32 Å². The van der Waals surface area contributed by atoms with Crippen molar-refractivity contribution in [2.45, 2.75) is 26.4 Å². The number of nitro benzene ring substituents is 1. The first-order valence-corrected chi connectivity index (χ1v) is 13.9. The Bertz CT molecular complexity index is 1640. The summed E-state index contributed by atoms with van der Waals surface area (Å²) >= 11 is 3.20. The van der Waals surface area contributed by atoms with Crippen molar-refractivity contribution in [1.29, 1.82) is 0 Å². The summed E-state index contributed by atoms with van der Waals surface area (Å²) in [6, 6.07) is 23.1. The SMILES string of the molecule is Cc1c(C(=O)Nc2sc3c(c2-c2nc4ccccc4s2)CCN(Cc2ccccc2)C3)cccc1[N+](=O)[O-]. The Morgan fingerprint density at radius 3 is 2.63 bits per heavy atom. The first-order valence-electron chi connectivity index (χ1n) is 12.3. The zero-order valence-electron chi connectivity index (χ0n) is 20.6. The summed E-state index contributed by atoms with van der Waals surface area (Å²) in [5.41, 5.74) is 4.99. The highest BCUT2D eigenvalue weighted by Gasteiger charge is 2.28. The van der Waals surface area contributed by atoms with Crippen LogP contribution in [0.5, 0.6) is 0 Å². The van der Waals surface area contributed by atoms with Gasteiger partial charge in [0, 0.05) is 47.3 Å². The molecule has 1 aliphatic rings. The minimum atomic E-state index is -0.455. The molecule has 190 valence electrons. The molecule has 1 amide bonds. The quantitative estimate of drug-likeness (QED) is 0.184. The number of para-hydroxylation sites is 1. The van der Waals surface area contributed by atoms with E-state index >= 15 is 0 Å². The van der Waals surface area contributed by atoms with Crippen LogP contribution in [0.3, 0.4) is 0 Å². The summed E-state index contributed by atoms with van der Waals surface area (Å²) in [4.78, 5) is 33.0. The van der Waals surface area contributed by atoms with Gasteiger partial charge in [0.1, 0.15) is 10.0 Å². The average molecular weight is 541 g/mol. The van der Waals surface area contributed by atoms with Gasteiger partial charge in [0.2, 0.25) is 0 Å². The predicted molar refractivity (Wildman–Crippen MR) is 153 cm³/mol. The van der Waals surface area contributed by atoms with Crippen LogP contribution in [-0.4, -0.2) is 27.3 Å².